The van der Waals surface area contributed by atoms with Gasteiger partial charge in [-0.3, -0.25) is 4.79 Å². The number of hydrogen-bond acceptors (Lipinski definition) is 3. The van der Waals surface area contributed by atoms with E-state index in [2.05, 4.69) is 5.32 Å². The summed E-state index contributed by atoms with van der Waals surface area (Å²) in [6.45, 7) is 5.97. The van der Waals surface area contributed by atoms with Crippen molar-refractivity contribution in [2.24, 2.45) is 0 Å². The zero-order chi connectivity index (χ0) is 16.0. The molecule has 21 heavy (non-hydrogen) atoms. The van der Waals surface area contributed by atoms with Crippen molar-refractivity contribution in [2.45, 2.75) is 26.8 Å². The van der Waals surface area contributed by atoms with Crippen LogP contribution in [0.4, 0.5) is 5.69 Å². The number of carboxylic acid groups (broad SMARTS) is 1. The van der Waals surface area contributed by atoms with Gasteiger partial charge >= 0.3 is 5.97 Å². The molecule has 2 N–H and O–H groups in total. The predicted molar refractivity (Wildman–Crippen MR) is 84.4 cm³/mol. The summed E-state index contributed by atoms with van der Waals surface area (Å²) in [7, 11) is 1.81. The quantitative estimate of drug-likeness (QED) is 0.787. The fraction of sp³-hybridized carbons (Fsp3) is 0.375. The summed E-state index contributed by atoms with van der Waals surface area (Å²) >= 11 is 0. The molecular weight excluding hydrogens is 268 g/mol. The second-order valence-electron chi connectivity index (χ2n) is 5.31. The van der Waals surface area contributed by atoms with Crippen molar-refractivity contribution >= 4 is 23.6 Å². The van der Waals surface area contributed by atoms with E-state index in [0.29, 0.717) is 0 Å². The average Bonchev–Trinajstić information content (AvgIpc) is 2.34. The third-order valence-electron chi connectivity index (χ3n) is 2.83. The number of rotatable bonds is 6. The molecule has 0 unspecified atom stereocenters. The van der Waals surface area contributed by atoms with E-state index < -0.39 is 5.97 Å². The molecule has 0 aliphatic rings. The van der Waals surface area contributed by atoms with E-state index >= 15 is 0 Å². The molecule has 5 heteroatoms. The SMILES string of the molecule is Cc1ccc(N(C)CC(=O)NC(C)C)c(/C=C/C(=O)O)c1. The number of amides is 1. The van der Waals surface area contributed by atoms with Gasteiger partial charge in [0.05, 0.1) is 6.54 Å². The first-order chi connectivity index (χ1) is 9.79. The van der Waals surface area contributed by atoms with Crippen LogP contribution in [-0.4, -0.2) is 36.6 Å². The molecular formula is C16H22N2O3. The number of aryl methyl sites for hydroxylation is 1. The number of likely N-dealkylation sites (N-methyl/N-ethyl adjacent to an activating group) is 1. The fourth-order valence-electron chi connectivity index (χ4n) is 1.98. The van der Waals surface area contributed by atoms with Crippen LogP contribution in [0.5, 0.6) is 0 Å². The van der Waals surface area contributed by atoms with Crippen LogP contribution in [0.3, 0.4) is 0 Å². The standard InChI is InChI=1S/C16H22N2O3/c1-11(2)17-15(19)10-18(4)14-7-5-12(3)9-13(14)6-8-16(20)21/h5-9,11H,10H2,1-4H3,(H,17,19)(H,20,21)/b8-6+. The Morgan fingerprint density at radius 2 is 2.05 bits per heavy atom. The summed E-state index contributed by atoms with van der Waals surface area (Å²) in [4.78, 5) is 24.3. The first kappa shape index (κ1) is 16.8. The minimum atomic E-state index is -0.998. The van der Waals surface area contributed by atoms with Crippen LogP contribution in [0.1, 0.15) is 25.0 Å². The van der Waals surface area contributed by atoms with Gasteiger partial charge in [0.25, 0.3) is 0 Å². The summed E-state index contributed by atoms with van der Waals surface area (Å²) in [6, 6.07) is 5.81. The number of aliphatic carboxylic acids is 1. The lowest BCUT2D eigenvalue weighted by atomic mass is 10.1. The zero-order valence-corrected chi connectivity index (χ0v) is 12.9. The predicted octanol–water partition coefficient (Wildman–Crippen LogP) is 2.05. The van der Waals surface area contributed by atoms with Gasteiger partial charge in [-0.25, -0.2) is 4.79 Å². The van der Waals surface area contributed by atoms with Crippen LogP contribution >= 0.6 is 0 Å². The summed E-state index contributed by atoms with van der Waals surface area (Å²) in [6.07, 6.45) is 2.64. The monoisotopic (exact) mass is 290 g/mol. The van der Waals surface area contributed by atoms with Crippen LogP contribution in [0.15, 0.2) is 24.3 Å². The van der Waals surface area contributed by atoms with Crippen LogP contribution < -0.4 is 10.2 Å². The van der Waals surface area contributed by atoms with E-state index in [1.54, 1.807) is 11.0 Å². The fourth-order valence-corrected chi connectivity index (χ4v) is 1.98. The highest BCUT2D eigenvalue weighted by atomic mass is 16.4. The molecule has 0 fully saturated rings. The van der Waals surface area contributed by atoms with Crippen LogP contribution in [0.2, 0.25) is 0 Å². The van der Waals surface area contributed by atoms with Gasteiger partial charge in [-0.2, -0.15) is 0 Å². The zero-order valence-electron chi connectivity index (χ0n) is 12.9. The molecule has 0 spiro atoms. The number of carbonyl (C=O) groups excluding carboxylic acids is 1. The molecule has 1 rings (SSSR count). The number of benzene rings is 1. The van der Waals surface area contributed by atoms with E-state index in [1.165, 1.54) is 0 Å². The van der Waals surface area contributed by atoms with Crippen molar-refractivity contribution in [2.75, 3.05) is 18.5 Å². The number of hydrogen-bond donors (Lipinski definition) is 2. The van der Waals surface area contributed by atoms with Crippen LogP contribution in [0.25, 0.3) is 6.08 Å². The average molecular weight is 290 g/mol. The lowest BCUT2D eigenvalue weighted by Crippen LogP contribution is -2.38. The Bertz CT molecular complexity index is 550. The molecule has 5 nitrogen and oxygen atoms in total. The lowest BCUT2D eigenvalue weighted by molar-refractivity contribution is -0.131. The van der Waals surface area contributed by atoms with E-state index in [1.807, 2.05) is 46.0 Å². The highest BCUT2D eigenvalue weighted by Gasteiger charge is 2.11. The highest BCUT2D eigenvalue weighted by Crippen LogP contribution is 2.22. The van der Waals surface area contributed by atoms with E-state index in [-0.39, 0.29) is 18.5 Å². The van der Waals surface area contributed by atoms with Gasteiger partial charge in [0.2, 0.25) is 5.91 Å². The van der Waals surface area contributed by atoms with E-state index in [4.69, 9.17) is 5.11 Å². The maximum atomic E-state index is 11.8. The number of carbonyl (C=O) groups is 2. The second-order valence-corrected chi connectivity index (χ2v) is 5.31. The Balaban J connectivity index is 2.95. The van der Waals surface area contributed by atoms with Crippen molar-refractivity contribution in [1.82, 2.24) is 5.32 Å². The third kappa shape index (κ3) is 5.69. The van der Waals surface area contributed by atoms with Gasteiger partial charge in [0, 0.05) is 24.9 Å². The molecule has 1 amide bonds. The molecule has 114 valence electrons. The maximum absolute atomic E-state index is 11.8. The molecule has 0 aliphatic carbocycles. The molecule has 0 radical (unpaired) electrons. The van der Waals surface area contributed by atoms with Gasteiger partial charge in [0.1, 0.15) is 0 Å². The Morgan fingerprint density at radius 1 is 1.38 bits per heavy atom. The van der Waals surface area contributed by atoms with Crippen molar-refractivity contribution < 1.29 is 14.7 Å². The maximum Gasteiger partial charge on any atom is 0.328 e. The Morgan fingerprint density at radius 3 is 2.62 bits per heavy atom. The normalized spacial score (nSPS) is 10.9. The number of nitrogens with one attached hydrogen (secondary N) is 1. The molecule has 0 saturated heterocycles. The van der Waals surface area contributed by atoms with Crippen molar-refractivity contribution in [3.63, 3.8) is 0 Å². The molecule has 0 bridgehead atoms. The van der Waals surface area contributed by atoms with E-state index in [9.17, 15) is 9.59 Å². The van der Waals surface area contributed by atoms with Crippen molar-refractivity contribution in [1.29, 1.82) is 0 Å². The van der Waals surface area contributed by atoms with Gasteiger partial charge < -0.3 is 15.3 Å². The van der Waals surface area contributed by atoms with E-state index in [0.717, 1.165) is 22.9 Å². The first-order valence-electron chi connectivity index (χ1n) is 6.81. The van der Waals surface area contributed by atoms with Gasteiger partial charge in [-0.05, 0) is 44.5 Å². The van der Waals surface area contributed by atoms with Gasteiger partial charge in [-0.1, -0.05) is 11.6 Å². The molecule has 0 heterocycles. The number of carboxylic acids is 1. The Labute approximate surface area is 125 Å². The van der Waals surface area contributed by atoms with Gasteiger partial charge in [-0.15, -0.1) is 0 Å². The van der Waals surface area contributed by atoms with Gasteiger partial charge in [0.15, 0.2) is 0 Å². The lowest BCUT2D eigenvalue weighted by Gasteiger charge is -2.22. The minimum absolute atomic E-state index is 0.0683. The molecule has 0 atom stereocenters. The summed E-state index contributed by atoms with van der Waals surface area (Å²) in [5, 5.41) is 11.6. The highest BCUT2D eigenvalue weighted by molar-refractivity contribution is 5.88. The molecule has 1 aromatic rings. The molecule has 0 aromatic heterocycles. The molecule has 0 aliphatic heterocycles. The van der Waals surface area contributed by atoms with Crippen molar-refractivity contribution in [3.05, 3.63) is 35.4 Å². The minimum Gasteiger partial charge on any atom is -0.478 e. The topological polar surface area (TPSA) is 69.6 Å². The summed E-state index contributed by atoms with van der Waals surface area (Å²) in [5.74, 6) is -1.07. The Kier molecular flexibility index (Phi) is 5.96. The first-order valence-corrected chi connectivity index (χ1v) is 6.81. The molecule has 0 saturated carbocycles. The summed E-state index contributed by atoms with van der Waals surface area (Å²) in [5.41, 5.74) is 2.62. The Hall–Kier alpha value is -2.30. The van der Waals surface area contributed by atoms with Crippen LogP contribution in [0, 0.1) is 6.92 Å². The second kappa shape index (κ2) is 7.47. The summed E-state index contributed by atoms with van der Waals surface area (Å²) < 4.78 is 0. The smallest absolute Gasteiger partial charge is 0.328 e. The number of anilines is 1. The van der Waals surface area contributed by atoms with Crippen molar-refractivity contribution in [3.8, 4) is 0 Å². The largest absolute Gasteiger partial charge is 0.478 e. The van der Waals surface area contributed by atoms with Crippen LogP contribution in [-0.2, 0) is 9.59 Å². The molecule has 1 aromatic carbocycles. The third-order valence-corrected chi connectivity index (χ3v) is 2.83. The number of nitrogens with zero attached hydrogens (tertiary/aromatic N) is 1.